The molecule has 0 bridgehead atoms. The van der Waals surface area contributed by atoms with Crippen LogP contribution in [0.25, 0.3) is 0 Å². The normalized spacial score (nSPS) is 12.1. The van der Waals surface area contributed by atoms with Crippen molar-refractivity contribution in [2.75, 3.05) is 26.4 Å². The third-order valence-electron chi connectivity index (χ3n) is 8.25. The summed E-state index contributed by atoms with van der Waals surface area (Å²) in [6.07, 6.45) is 36.3. The van der Waals surface area contributed by atoms with Gasteiger partial charge in [-0.15, -0.1) is 0 Å². The minimum atomic E-state index is -0.286. The molecule has 0 heterocycles. The summed E-state index contributed by atoms with van der Waals surface area (Å²) in [5.74, 6) is 0. The number of amides is 1. The fourth-order valence-corrected chi connectivity index (χ4v) is 5.59. The number of carbonyl (C=O) groups excluding carboxylic acids is 1. The van der Waals surface area contributed by atoms with Gasteiger partial charge in [-0.2, -0.15) is 0 Å². The van der Waals surface area contributed by atoms with E-state index in [9.17, 15) is 4.79 Å². The van der Waals surface area contributed by atoms with Crippen LogP contribution in [0.5, 0.6) is 0 Å². The van der Waals surface area contributed by atoms with Crippen LogP contribution in [0.1, 0.15) is 194 Å². The molecule has 0 fully saturated rings. The van der Waals surface area contributed by atoms with Crippen LogP contribution in [0.2, 0.25) is 0 Å². The van der Waals surface area contributed by atoms with E-state index < -0.39 is 0 Å². The van der Waals surface area contributed by atoms with Crippen LogP contribution in [-0.4, -0.2) is 43.7 Å². The van der Waals surface area contributed by atoms with E-state index in [2.05, 4.69) is 19.2 Å². The molecular weight excluding hydrogens is 510 g/mol. The van der Waals surface area contributed by atoms with Gasteiger partial charge in [-0.25, -0.2) is 4.79 Å². The monoisotopic (exact) mass is 584 g/mol. The second-order valence-electron chi connectivity index (χ2n) is 12.4. The molecule has 246 valence electrons. The number of aliphatic hydroxyl groups excluding tert-OH is 1. The van der Waals surface area contributed by atoms with E-state index >= 15 is 0 Å². The van der Waals surface area contributed by atoms with Gasteiger partial charge >= 0.3 is 6.09 Å². The molecule has 0 aliphatic rings. The standard InChI is InChI=1S/C36H73NO4/c1-3-5-7-9-11-13-15-17-19-21-23-25-27-30-35(41-36(39)37-31-28-33-40-34-32-38)29-26-24-22-20-18-16-14-12-10-8-6-4-2/h35,38H,3-34H2,1-2H3,(H,37,39). The summed E-state index contributed by atoms with van der Waals surface area (Å²) in [7, 11) is 0. The van der Waals surface area contributed by atoms with Gasteiger partial charge in [0.25, 0.3) is 0 Å². The van der Waals surface area contributed by atoms with Crippen molar-refractivity contribution in [3.05, 3.63) is 0 Å². The highest BCUT2D eigenvalue weighted by molar-refractivity contribution is 5.67. The molecule has 0 aromatic heterocycles. The van der Waals surface area contributed by atoms with Gasteiger partial charge in [0, 0.05) is 13.2 Å². The molecule has 41 heavy (non-hydrogen) atoms. The van der Waals surface area contributed by atoms with Crippen molar-refractivity contribution in [1.29, 1.82) is 0 Å². The molecule has 2 N–H and O–H groups in total. The molecule has 1 unspecified atom stereocenters. The fraction of sp³-hybridized carbons (Fsp3) is 0.972. The van der Waals surface area contributed by atoms with Crippen LogP contribution in [-0.2, 0) is 9.47 Å². The number of alkyl carbamates (subject to hydrolysis) is 1. The van der Waals surface area contributed by atoms with E-state index in [1.807, 2.05) is 0 Å². The number of nitrogens with one attached hydrogen (secondary N) is 1. The van der Waals surface area contributed by atoms with Crippen molar-refractivity contribution in [1.82, 2.24) is 5.32 Å². The highest BCUT2D eigenvalue weighted by Gasteiger charge is 2.14. The van der Waals surface area contributed by atoms with E-state index in [-0.39, 0.29) is 18.8 Å². The largest absolute Gasteiger partial charge is 0.446 e. The first-order chi connectivity index (χ1) is 20.2. The lowest BCUT2D eigenvalue weighted by Crippen LogP contribution is -2.30. The van der Waals surface area contributed by atoms with E-state index in [0.717, 1.165) is 32.1 Å². The maximum absolute atomic E-state index is 12.4. The predicted molar refractivity (Wildman–Crippen MR) is 177 cm³/mol. The third kappa shape index (κ3) is 33.6. The van der Waals surface area contributed by atoms with E-state index in [4.69, 9.17) is 14.6 Å². The van der Waals surface area contributed by atoms with Gasteiger partial charge in [0.05, 0.1) is 13.2 Å². The molecule has 0 aliphatic heterocycles. The fourth-order valence-electron chi connectivity index (χ4n) is 5.59. The summed E-state index contributed by atoms with van der Waals surface area (Å²) in [4.78, 5) is 12.4. The van der Waals surface area contributed by atoms with E-state index in [1.165, 1.54) is 148 Å². The van der Waals surface area contributed by atoms with Crippen LogP contribution in [0, 0.1) is 0 Å². The summed E-state index contributed by atoms with van der Waals surface area (Å²) < 4.78 is 11.1. The molecule has 1 atom stereocenters. The van der Waals surface area contributed by atoms with Crippen LogP contribution < -0.4 is 5.32 Å². The van der Waals surface area contributed by atoms with E-state index in [0.29, 0.717) is 19.8 Å². The van der Waals surface area contributed by atoms with Crippen LogP contribution >= 0.6 is 0 Å². The van der Waals surface area contributed by atoms with E-state index in [1.54, 1.807) is 0 Å². The van der Waals surface area contributed by atoms with Crippen molar-refractivity contribution >= 4 is 6.09 Å². The Labute approximate surface area is 256 Å². The summed E-state index contributed by atoms with van der Waals surface area (Å²) in [5, 5.41) is 11.7. The van der Waals surface area contributed by atoms with Crippen molar-refractivity contribution in [2.45, 2.75) is 200 Å². The number of unbranched alkanes of at least 4 members (excludes halogenated alkanes) is 23. The zero-order valence-electron chi connectivity index (χ0n) is 27.9. The Morgan fingerprint density at radius 2 is 0.902 bits per heavy atom. The van der Waals surface area contributed by atoms with Gasteiger partial charge in [-0.05, 0) is 32.1 Å². The molecule has 0 aromatic rings. The molecule has 1 amide bonds. The Morgan fingerprint density at radius 3 is 1.27 bits per heavy atom. The number of carbonyl (C=O) groups is 1. The molecule has 5 nitrogen and oxygen atoms in total. The number of hydrogen-bond acceptors (Lipinski definition) is 4. The predicted octanol–water partition coefficient (Wildman–Crippen LogP) is 11.1. The zero-order chi connectivity index (χ0) is 29.9. The number of ether oxygens (including phenoxy) is 2. The molecule has 0 aromatic carbocycles. The molecule has 0 saturated heterocycles. The third-order valence-corrected chi connectivity index (χ3v) is 8.25. The Morgan fingerprint density at radius 1 is 0.537 bits per heavy atom. The Balaban J connectivity index is 3.99. The van der Waals surface area contributed by atoms with Crippen molar-refractivity contribution < 1.29 is 19.4 Å². The summed E-state index contributed by atoms with van der Waals surface area (Å²) >= 11 is 0. The number of rotatable bonds is 34. The summed E-state index contributed by atoms with van der Waals surface area (Å²) in [5.41, 5.74) is 0. The maximum atomic E-state index is 12.4. The molecule has 0 radical (unpaired) electrons. The smallest absolute Gasteiger partial charge is 0.407 e. The number of aliphatic hydroxyl groups is 1. The minimum Gasteiger partial charge on any atom is -0.446 e. The number of hydrogen-bond donors (Lipinski definition) is 2. The quantitative estimate of drug-likeness (QED) is 0.0739. The average Bonchev–Trinajstić information content (AvgIpc) is 2.97. The Kier molecular flexibility index (Phi) is 34.7. The Bertz CT molecular complexity index is 502. The van der Waals surface area contributed by atoms with Gasteiger partial charge in [-0.3, -0.25) is 0 Å². The van der Waals surface area contributed by atoms with Crippen molar-refractivity contribution in [3.63, 3.8) is 0 Å². The second kappa shape index (κ2) is 35.4. The molecule has 0 rings (SSSR count). The van der Waals surface area contributed by atoms with Crippen LogP contribution in [0.15, 0.2) is 0 Å². The zero-order valence-corrected chi connectivity index (χ0v) is 27.9. The lowest BCUT2D eigenvalue weighted by molar-refractivity contribution is 0.0789. The van der Waals surface area contributed by atoms with Gasteiger partial charge < -0.3 is 19.9 Å². The highest BCUT2D eigenvalue weighted by Crippen LogP contribution is 2.18. The topological polar surface area (TPSA) is 67.8 Å². The van der Waals surface area contributed by atoms with Crippen molar-refractivity contribution in [2.24, 2.45) is 0 Å². The SMILES string of the molecule is CCCCCCCCCCCCCCCC(CCCCCCCCCCCCCC)OC(=O)NCCCOCCO. The summed E-state index contributed by atoms with van der Waals surface area (Å²) in [6, 6.07) is 0. The molecule has 0 aliphatic carbocycles. The molecule has 0 saturated carbocycles. The minimum absolute atomic E-state index is 0.0372. The Hall–Kier alpha value is -0.810. The lowest BCUT2D eigenvalue weighted by atomic mass is 10.0. The van der Waals surface area contributed by atoms with Gasteiger partial charge in [0.2, 0.25) is 0 Å². The molecular formula is C36H73NO4. The lowest BCUT2D eigenvalue weighted by Gasteiger charge is -2.18. The second-order valence-corrected chi connectivity index (χ2v) is 12.4. The average molecular weight is 584 g/mol. The first kappa shape index (κ1) is 40.2. The van der Waals surface area contributed by atoms with Gasteiger partial charge in [0.15, 0.2) is 0 Å². The van der Waals surface area contributed by atoms with Crippen molar-refractivity contribution in [3.8, 4) is 0 Å². The summed E-state index contributed by atoms with van der Waals surface area (Å²) in [6.45, 7) is 6.05. The molecule has 5 heteroatoms. The molecule has 0 spiro atoms. The van der Waals surface area contributed by atoms with Gasteiger partial charge in [0.1, 0.15) is 6.10 Å². The highest BCUT2D eigenvalue weighted by atomic mass is 16.6. The first-order valence-electron chi connectivity index (χ1n) is 18.4. The van der Waals surface area contributed by atoms with Crippen LogP contribution in [0.4, 0.5) is 4.79 Å². The first-order valence-corrected chi connectivity index (χ1v) is 18.4. The van der Waals surface area contributed by atoms with Crippen LogP contribution in [0.3, 0.4) is 0 Å². The van der Waals surface area contributed by atoms with Gasteiger partial charge in [-0.1, -0.05) is 162 Å². The maximum Gasteiger partial charge on any atom is 0.407 e.